The minimum absolute atomic E-state index is 0.00153. The summed E-state index contributed by atoms with van der Waals surface area (Å²) in [7, 11) is 0. The van der Waals surface area contributed by atoms with Gasteiger partial charge in [0, 0.05) is 12.6 Å². The Morgan fingerprint density at radius 1 is 1.33 bits per heavy atom. The number of nitrogens with one attached hydrogen (secondary N) is 3. The molecule has 1 rings (SSSR count). The van der Waals surface area contributed by atoms with E-state index in [9.17, 15) is 18.0 Å². The summed E-state index contributed by atoms with van der Waals surface area (Å²) in [4.78, 5) is 11.4. The number of carbonyl (C=O) groups is 1. The molecule has 7 heteroatoms. The van der Waals surface area contributed by atoms with Crippen LogP contribution < -0.4 is 16.0 Å². The van der Waals surface area contributed by atoms with Crippen molar-refractivity contribution in [1.29, 1.82) is 0 Å². The summed E-state index contributed by atoms with van der Waals surface area (Å²) in [5.74, 6) is 0. The molecule has 3 N–H and O–H groups in total. The molecule has 0 unspecified atom stereocenters. The van der Waals surface area contributed by atoms with Gasteiger partial charge in [0.1, 0.15) is 0 Å². The number of hydrogen-bond donors (Lipinski definition) is 3. The van der Waals surface area contributed by atoms with Gasteiger partial charge < -0.3 is 16.0 Å². The second-order valence-corrected chi connectivity index (χ2v) is 5.01. The van der Waals surface area contributed by atoms with E-state index >= 15 is 0 Å². The first-order valence-electron chi connectivity index (χ1n) is 6.09. The Kier molecular flexibility index (Phi) is 4.84. The van der Waals surface area contributed by atoms with Gasteiger partial charge in [-0.3, -0.25) is 0 Å². The highest BCUT2D eigenvalue weighted by Crippen LogP contribution is 2.44. The maximum atomic E-state index is 13.1. The summed E-state index contributed by atoms with van der Waals surface area (Å²) in [5.41, 5.74) is -1.80. The lowest BCUT2D eigenvalue weighted by atomic mass is 9.78. The van der Waals surface area contributed by atoms with Crippen molar-refractivity contribution in [2.75, 3.05) is 19.6 Å². The van der Waals surface area contributed by atoms with Crippen LogP contribution in [-0.2, 0) is 0 Å². The fraction of sp³-hybridized carbons (Fsp3) is 0.909. The first kappa shape index (κ1) is 15.1. The van der Waals surface area contributed by atoms with E-state index in [4.69, 9.17) is 0 Å². The normalized spacial score (nSPS) is 19.7. The molecule has 0 aliphatic carbocycles. The van der Waals surface area contributed by atoms with E-state index in [2.05, 4.69) is 16.0 Å². The Morgan fingerprint density at radius 2 is 1.89 bits per heavy atom. The molecule has 1 saturated heterocycles. The van der Waals surface area contributed by atoms with Crippen molar-refractivity contribution >= 4 is 6.03 Å². The van der Waals surface area contributed by atoms with Crippen LogP contribution in [0.1, 0.15) is 26.7 Å². The average Bonchev–Trinajstić information content (AvgIpc) is 2.25. The van der Waals surface area contributed by atoms with Gasteiger partial charge in [0.15, 0.2) is 0 Å². The molecular formula is C11H20F3N3O. The molecule has 0 aromatic carbocycles. The molecule has 0 spiro atoms. The number of piperidine rings is 1. The summed E-state index contributed by atoms with van der Waals surface area (Å²) in [6, 6.07) is -0.646. The summed E-state index contributed by atoms with van der Waals surface area (Å²) >= 11 is 0. The Labute approximate surface area is 105 Å². The summed E-state index contributed by atoms with van der Waals surface area (Å²) in [6.45, 7) is 3.80. The molecule has 0 radical (unpaired) electrons. The fourth-order valence-corrected chi connectivity index (χ4v) is 2.03. The van der Waals surface area contributed by atoms with Gasteiger partial charge in [-0.2, -0.15) is 13.2 Å². The number of hydrogen-bond acceptors (Lipinski definition) is 2. The molecule has 1 fully saturated rings. The second kappa shape index (κ2) is 5.77. The zero-order chi connectivity index (χ0) is 13.8. The van der Waals surface area contributed by atoms with Gasteiger partial charge in [0.25, 0.3) is 0 Å². The number of carbonyl (C=O) groups excluding carboxylic acids is 1. The van der Waals surface area contributed by atoms with E-state index in [1.54, 1.807) is 13.8 Å². The van der Waals surface area contributed by atoms with Crippen LogP contribution in [-0.4, -0.2) is 37.9 Å². The van der Waals surface area contributed by atoms with Gasteiger partial charge in [-0.05, 0) is 39.8 Å². The molecule has 0 bridgehead atoms. The highest BCUT2D eigenvalue weighted by Gasteiger charge is 2.54. The van der Waals surface area contributed by atoms with E-state index in [0.29, 0.717) is 13.1 Å². The number of amides is 2. The lowest BCUT2D eigenvalue weighted by Gasteiger charge is -2.39. The molecule has 1 aliphatic rings. The van der Waals surface area contributed by atoms with Crippen LogP contribution in [0.25, 0.3) is 0 Å². The quantitative estimate of drug-likeness (QED) is 0.728. The molecular weight excluding hydrogens is 247 g/mol. The third kappa shape index (κ3) is 3.76. The predicted molar refractivity (Wildman–Crippen MR) is 62.3 cm³/mol. The van der Waals surface area contributed by atoms with Crippen LogP contribution in [0.15, 0.2) is 0 Å². The molecule has 4 nitrogen and oxygen atoms in total. The maximum absolute atomic E-state index is 13.1. The third-order valence-corrected chi connectivity index (χ3v) is 3.17. The van der Waals surface area contributed by atoms with Gasteiger partial charge in [-0.1, -0.05) is 0 Å². The first-order chi connectivity index (χ1) is 8.27. The maximum Gasteiger partial charge on any atom is 0.396 e. The molecule has 0 aromatic rings. The standard InChI is InChI=1S/C11H20F3N3O/c1-8(2)17-9(18)16-7-10(11(12,13)14)3-5-15-6-4-10/h8,15H,3-7H2,1-2H3,(H2,16,17,18). The number of rotatable bonds is 3. The molecule has 2 amide bonds. The highest BCUT2D eigenvalue weighted by atomic mass is 19.4. The Hall–Kier alpha value is -0.980. The number of alkyl halides is 3. The first-order valence-corrected chi connectivity index (χ1v) is 6.09. The van der Waals surface area contributed by atoms with Crippen LogP contribution >= 0.6 is 0 Å². The molecule has 0 saturated carbocycles. The Balaban J connectivity index is 2.60. The molecule has 1 heterocycles. The topological polar surface area (TPSA) is 53.2 Å². The zero-order valence-electron chi connectivity index (χ0n) is 10.7. The lowest BCUT2D eigenvalue weighted by Crippen LogP contribution is -2.54. The van der Waals surface area contributed by atoms with Crippen LogP contribution in [0, 0.1) is 5.41 Å². The van der Waals surface area contributed by atoms with Crippen LogP contribution in [0.5, 0.6) is 0 Å². The minimum atomic E-state index is -4.29. The molecule has 18 heavy (non-hydrogen) atoms. The molecule has 1 aliphatic heterocycles. The number of urea groups is 1. The van der Waals surface area contributed by atoms with Gasteiger partial charge in [-0.15, -0.1) is 0 Å². The van der Waals surface area contributed by atoms with E-state index in [1.807, 2.05) is 0 Å². The van der Waals surface area contributed by atoms with E-state index in [1.165, 1.54) is 0 Å². The van der Waals surface area contributed by atoms with Crippen LogP contribution in [0.4, 0.5) is 18.0 Å². The van der Waals surface area contributed by atoms with Crippen molar-refractivity contribution in [3.63, 3.8) is 0 Å². The van der Waals surface area contributed by atoms with Crippen molar-refractivity contribution in [2.45, 2.75) is 38.9 Å². The van der Waals surface area contributed by atoms with Gasteiger partial charge in [0.05, 0.1) is 5.41 Å². The largest absolute Gasteiger partial charge is 0.396 e. The predicted octanol–water partition coefficient (Wildman–Crippen LogP) is 1.63. The summed E-state index contributed by atoms with van der Waals surface area (Å²) in [5, 5.41) is 7.75. The van der Waals surface area contributed by atoms with E-state index in [0.717, 1.165) is 0 Å². The van der Waals surface area contributed by atoms with Crippen LogP contribution in [0.3, 0.4) is 0 Å². The Bertz CT molecular complexity index is 286. The monoisotopic (exact) mass is 267 g/mol. The highest BCUT2D eigenvalue weighted by molar-refractivity contribution is 5.74. The van der Waals surface area contributed by atoms with Crippen molar-refractivity contribution < 1.29 is 18.0 Å². The van der Waals surface area contributed by atoms with E-state index < -0.39 is 17.6 Å². The second-order valence-electron chi connectivity index (χ2n) is 5.01. The van der Waals surface area contributed by atoms with Crippen LogP contribution in [0.2, 0.25) is 0 Å². The third-order valence-electron chi connectivity index (χ3n) is 3.17. The molecule has 0 aromatic heterocycles. The van der Waals surface area contributed by atoms with E-state index in [-0.39, 0.29) is 25.4 Å². The average molecular weight is 267 g/mol. The molecule has 106 valence electrons. The van der Waals surface area contributed by atoms with Crippen molar-refractivity contribution in [1.82, 2.24) is 16.0 Å². The fourth-order valence-electron chi connectivity index (χ4n) is 2.03. The van der Waals surface area contributed by atoms with Gasteiger partial charge in [-0.25, -0.2) is 4.79 Å². The van der Waals surface area contributed by atoms with Crippen molar-refractivity contribution in [3.8, 4) is 0 Å². The molecule has 0 atom stereocenters. The van der Waals surface area contributed by atoms with Gasteiger partial charge >= 0.3 is 12.2 Å². The minimum Gasteiger partial charge on any atom is -0.337 e. The van der Waals surface area contributed by atoms with Crippen molar-refractivity contribution in [2.24, 2.45) is 5.41 Å². The lowest BCUT2D eigenvalue weighted by molar-refractivity contribution is -0.229. The number of halogens is 3. The summed E-state index contributed by atoms with van der Waals surface area (Å²) in [6.07, 6.45) is -4.29. The summed E-state index contributed by atoms with van der Waals surface area (Å²) < 4.78 is 39.3. The Morgan fingerprint density at radius 3 is 2.33 bits per heavy atom. The van der Waals surface area contributed by atoms with Crippen molar-refractivity contribution in [3.05, 3.63) is 0 Å². The SMILES string of the molecule is CC(C)NC(=O)NCC1(C(F)(F)F)CCNCC1. The van der Waals surface area contributed by atoms with Gasteiger partial charge in [0.2, 0.25) is 0 Å². The smallest absolute Gasteiger partial charge is 0.337 e. The zero-order valence-corrected chi connectivity index (χ0v) is 10.7.